The summed E-state index contributed by atoms with van der Waals surface area (Å²) >= 11 is 0. The van der Waals surface area contributed by atoms with Crippen LogP contribution in [-0.4, -0.2) is 53.1 Å². The Hall–Kier alpha value is -2.15. The van der Waals surface area contributed by atoms with Gasteiger partial charge in [-0.15, -0.1) is 0 Å². The predicted molar refractivity (Wildman–Crippen MR) is 106 cm³/mol. The first-order valence-corrected chi connectivity index (χ1v) is 11.1. The Labute approximate surface area is 161 Å². The van der Waals surface area contributed by atoms with Crippen LogP contribution in [0.3, 0.4) is 0 Å². The van der Waals surface area contributed by atoms with Crippen molar-refractivity contribution >= 4 is 15.7 Å². The molecule has 1 aromatic carbocycles. The first-order chi connectivity index (χ1) is 12.8. The molecule has 1 amide bonds. The molecule has 0 unspecified atom stereocenters. The maximum absolute atomic E-state index is 12.9. The summed E-state index contributed by atoms with van der Waals surface area (Å²) in [5.41, 5.74) is 2.25. The van der Waals surface area contributed by atoms with Crippen molar-refractivity contribution in [2.24, 2.45) is 13.0 Å². The molecule has 7 heteroatoms. The summed E-state index contributed by atoms with van der Waals surface area (Å²) in [6.07, 6.45) is 1.01. The highest BCUT2D eigenvalue weighted by Gasteiger charge is 2.32. The summed E-state index contributed by atoms with van der Waals surface area (Å²) in [5.74, 6) is 0.251. The van der Waals surface area contributed by atoms with Gasteiger partial charge in [-0.3, -0.25) is 9.48 Å². The quantitative estimate of drug-likeness (QED) is 0.788. The number of benzene rings is 1. The first-order valence-electron chi connectivity index (χ1n) is 9.38. The predicted octanol–water partition coefficient (Wildman–Crippen LogP) is 2.76. The molecule has 1 aliphatic rings. The molecular weight excluding hydrogens is 362 g/mol. The van der Waals surface area contributed by atoms with Gasteiger partial charge in [0.1, 0.15) is 5.69 Å². The largest absolute Gasteiger partial charge is 0.337 e. The molecule has 0 N–H and O–H groups in total. The number of sulfone groups is 1. The number of likely N-dealkylation sites (tertiary alicyclic amines) is 1. The van der Waals surface area contributed by atoms with E-state index in [9.17, 15) is 13.2 Å². The van der Waals surface area contributed by atoms with Gasteiger partial charge in [-0.25, -0.2) is 8.42 Å². The number of carbonyl (C=O) groups is 1. The van der Waals surface area contributed by atoms with E-state index < -0.39 is 9.84 Å². The van der Waals surface area contributed by atoms with E-state index in [0.29, 0.717) is 31.6 Å². The van der Waals surface area contributed by atoms with Gasteiger partial charge in [0, 0.05) is 25.7 Å². The average molecular weight is 390 g/mol. The minimum atomic E-state index is -3.09. The Bertz CT molecular complexity index is 896. The number of rotatable bonds is 5. The van der Waals surface area contributed by atoms with Crippen LogP contribution in [0.25, 0.3) is 11.3 Å². The van der Waals surface area contributed by atoms with E-state index in [0.717, 1.165) is 11.3 Å². The van der Waals surface area contributed by atoms with Gasteiger partial charge in [0.05, 0.1) is 16.7 Å². The topological polar surface area (TPSA) is 72.3 Å². The Kier molecular flexibility index (Phi) is 5.69. The molecule has 1 aromatic heterocycles. The van der Waals surface area contributed by atoms with Gasteiger partial charge in [0.15, 0.2) is 9.84 Å². The number of aryl methyl sites for hydroxylation is 1. The second-order valence-corrected chi connectivity index (χ2v) is 9.95. The van der Waals surface area contributed by atoms with Crippen molar-refractivity contribution in [3.05, 3.63) is 42.1 Å². The van der Waals surface area contributed by atoms with Crippen molar-refractivity contribution in [3.8, 4) is 11.3 Å². The molecule has 0 atom stereocenters. The monoisotopic (exact) mass is 389 g/mol. The van der Waals surface area contributed by atoms with Crippen molar-refractivity contribution in [1.82, 2.24) is 14.7 Å². The van der Waals surface area contributed by atoms with Crippen LogP contribution in [0.15, 0.2) is 36.4 Å². The number of hydrogen-bond acceptors (Lipinski definition) is 4. The molecule has 6 nitrogen and oxygen atoms in total. The molecule has 2 heterocycles. The molecule has 0 spiro atoms. The molecule has 146 valence electrons. The number of hydrogen-bond donors (Lipinski definition) is 0. The highest BCUT2D eigenvalue weighted by Crippen LogP contribution is 2.23. The van der Waals surface area contributed by atoms with Crippen LogP contribution < -0.4 is 0 Å². The highest BCUT2D eigenvalue weighted by atomic mass is 32.2. The number of nitrogens with zero attached hydrogens (tertiary/aromatic N) is 3. The number of aromatic nitrogens is 2. The van der Waals surface area contributed by atoms with E-state index in [-0.39, 0.29) is 22.8 Å². The molecule has 0 aliphatic carbocycles. The van der Waals surface area contributed by atoms with Gasteiger partial charge in [-0.1, -0.05) is 44.2 Å². The zero-order chi connectivity index (χ0) is 19.6. The standard InChI is InChI=1S/C20H27N3O3S/c1-15(2)14-27(25,26)17-9-11-23(12-10-17)20(24)19-13-18(21-22(19)3)16-7-5-4-6-8-16/h4-8,13,15,17H,9-12,14H2,1-3H3. The van der Waals surface area contributed by atoms with E-state index in [1.807, 2.05) is 44.2 Å². The zero-order valence-corrected chi connectivity index (χ0v) is 16.9. The molecule has 1 fully saturated rings. The van der Waals surface area contributed by atoms with Crippen molar-refractivity contribution < 1.29 is 13.2 Å². The highest BCUT2D eigenvalue weighted by molar-refractivity contribution is 7.92. The molecule has 27 heavy (non-hydrogen) atoms. The van der Waals surface area contributed by atoms with Crippen LogP contribution in [0.4, 0.5) is 0 Å². The van der Waals surface area contributed by atoms with Crippen molar-refractivity contribution in [2.75, 3.05) is 18.8 Å². The summed E-state index contributed by atoms with van der Waals surface area (Å²) in [5, 5.41) is 4.12. The molecular formula is C20H27N3O3S. The Morgan fingerprint density at radius 1 is 1.19 bits per heavy atom. The summed E-state index contributed by atoms with van der Waals surface area (Å²) in [7, 11) is -1.33. The fourth-order valence-corrected chi connectivity index (χ4v) is 5.73. The van der Waals surface area contributed by atoms with Crippen LogP contribution >= 0.6 is 0 Å². The molecule has 3 rings (SSSR count). The maximum Gasteiger partial charge on any atom is 0.272 e. The van der Waals surface area contributed by atoms with Crippen LogP contribution in [0.1, 0.15) is 37.2 Å². The van der Waals surface area contributed by atoms with Crippen LogP contribution in [-0.2, 0) is 16.9 Å². The van der Waals surface area contributed by atoms with E-state index in [4.69, 9.17) is 0 Å². The van der Waals surface area contributed by atoms with Gasteiger partial charge >= 0.3 is 0 Å². The lowest BCUT2D eigenvalue weighted by molar-refractivity contribution is 0.0714. The third kappa shape index (κ3) is 4.40. The van der Waals surface area contributed by atoms with Gasteiger partial charge in [-0.2, -0.15) is 5.10 Å². The maximum atomic E-state index is 12.9. The van der Waals surface area contributed by atoms with Gasteiger partial charge in [-0.05, 0) is 24.8 Å². The lowest BCUT2D eigenvalue weighted by Gasteiger charge is -2.32. The van der Waals surface area contributed by atoms with Crippen LogP contribution in [0.5, 0.6) is 0 Å². The van der Waals surface area contributed by atoms with Gasteiger partial charge in [0.25, 0.3) is 5.91 Å². The Morgan fingerprint density at radius 2 is 1.81 bits per heavy atom. The molecule has 2 aromatic rings. The van der Waals surface area contributed by atoms with Crippen LogP contribution in [0.2, 0.25) is 0 Å². The summed E-state index contributed by atoms with van der Waals surface area (Å²) in [6.45, 7) is 4.77. The fourth-order valence-electron chi connectivity index (χ4n) is 3.60. The van der Waals surface area contributed by atoms with E-state index in [2.05, 4.69) is 5.10 Å². The SMILES string of the molecule is CC(C)CS(=O)(=O)C1CCN(C(=O)c2cc(-c3ccccc3)nn2C)CC1. The van der Waals surface area contributed by atoms with Crippen LogP contribution in [0, 0.1) is 5.92 Å². The van der Waals surface area contributed by atoms with Gasteiger partial charge < -0.3 is 4.90 Å². The van der Waals surface area contributed by atoms with Crippen molar-refractivity contribution in [2.45, 2.75) is 31.9 Å². The smallest absolute Gasteiger partial charge is 0.272 e. The number of amides is 1. The second kappa shape index (κ2) is 7.84. The summed E-state index contributed by atoms with van der Waals surface area (Å²) < 4.78 is 26.5. The van der Waals surface area contributed by atoms with Crippen molar-refractivity contribution in [1.29, 1.82) is 0 Å². The lowest BCUT2D eigenvalue weighted by Crippen LogP contribution is -2.43. The number of piperidine rings is 1. The first kappa shape index (κ1) is 19.6. The third-order valence-electron chi connectivity index (χ3n) is 4.97. The molecule has 0 saturated carbocycles. The minimum absolute atomic E-state index is 0.0908. The summed E-state index contributed by atoms with van der Waals surface area (Å²) in [4.78, 5) is 14.7. The third-order valence-corrected chi connectivity index (χ3v) is 7.59. The van der Waals surface area contributed by atoms with Gasteiger partial charge in [0.2, 0.25) is 0 Å². The van der Waals surface area contributed by atoms with E-state index in [1.54, 1.807) is 22.7 Å². The average Bonchev–Trinajstić information content (AvgIpc) is 3.03. The zero-order valence-electron chi connectivity index (χ0n) is 16.1. The molecule has 0 radical (unpaired) electrons. The fraction of sp³-hybridized carbons (Fsp3) is 0.500. The molecule has 0 bridgehead atoms. The van der Waals surface area contributed by atoms with E-state index >= 15 is 0 Å². The number of carbonyl (C=O) groups excluding carboxylic acids is 1. The minimum Gasteiger partial charge on any atom is -0.337 e. The Morgan fingerprint density at radius 3 is 2.41 bits per heavy atom. The summed E-state index contributed by atoms with van der Waals surface area (Å²) in [6, 6.07) is 11.5. The Balaban J connectivity index is 1.69. The molecule has 1 saturated heterocycles. The van der Waals surface area contributed by atoms with Crippen molar-refractivity contribution in [3.63, 3.8) is 0 Å². The van der Waals surface area contributed by atoms with E-state index in [1.165, 1.54) is 0 Å². The normalized spacial score (nSPS) is 16.1. The lowest BCUT2D eigenvalue weighted by atomic mass is 10.1. The molecule has 1 aliphatic heterocycles. The second-order valence-electron chi connectivity index (χ2n) is 7.62.